The molecule has 2 rings (SSSR count). The molecular weight excluding hydrogens is 345 g/mol. The van der Waals surface area contributed by atoms with E-state index in [0.717, 1.165) is 30.2 Å². The maximum atomic E-state index is 12.4. The summed E-state index contributed by atoms with van der Waals surface area (Å²) >= 11 is 13.2. The number of amides is 2. The molecule has 7 heteroatoms. The molecule has 1 heterocycles. The average molecular weight is 362 g/mol. The van der Waals surface area contributed by atoms with E-state index in [2.05, 4.69) is 0 Å². The zero-order valence-electron chi connectivity index (χ0n) is 12.4. The first kappa shape index (κ1) is 17.4. The van der Waals surface area contributed by atoms with Gasteiger partial charge in [0.1, 0.15) is 5.75 Å². The number of halogens is 2. The number of benzene rings is 1. The van der Waals surface area contributed by atoms with E-state index in [9.17, 15) is 9.59 Å². The lowest BCUT2D eigenvalue weighted by atomic mass is 10.1. The molecule has 1 saturated heterocycles. The molecule has 1 aliphatic rings. The van der Waals surface area contributed by atoms with Crippen molar-refractivity contribution in [1.29, 1.82) is 0 Å². The summed E-state index contributed by atoms with van der Waals surface area (Å²) < 4.78 is 5.29. The van der Waals surface area contributed by atoms with Crippen LogP contribution in [-0.2, 0) is 11.2 Å². The van der Waals surface area contributed by atoms with E-state index in [1.165, 1.54) is 12.0 Å². The summed E-state index contributed by atoms with van der Waals surface area (Å²) in [5.41, 5.74) is 0.732. The minimum atomic E-state index is -0.451. The van der Waals surface area contributed by atoms with Crippen molar-refractivity contribution >= 4 is 46.1 Å². The summed E-state index contributed by atoms with van der Waals surface area (Å²) in [6.45, 7) is 2.50. The Morgan fingerprint density at radius 1 is 1.32 bits per heavy atom. The lowest BCUT2D eigenvalue weighted by Crippen LogP contribution is -2.33. The van der Waals surface area contributed by atoms with Crippen molar-refractivity contribution in [2.75, 3.05) is 13.7 Å². The topological polar surface area (TPSA) is 46.6 Å². The molecule has 0 aromatic heterocycles. The van der Waals surface area contributed by atoms with Gasteiger partial charge in [0.15, 0.2) is 0 Å². The number of imide groups is 1. The molecule has 0 aliphatic carbocycles. The Labute approximate surface area is 144 Å². The van der Waals surface area contributed by atoms with Crippen LogP contribution in [0.5, 0.6) is 5.75 Å². The SMILES string of the molecule is CCCCN1C(=O)S[C@@H](Cc2cc(Cl)cc(Cl)c2OC)C1=O. The van der Waals surface area contributed by atoms with Crippen molar-refractivity contribution in [3.63, 3.8) is 0 Å². The minimum absolute atomic E-state index is 0.151. The van der Waals surface area contributed by atoms with Crippen LogP contribution in [-0.4, -0.2) is 35.0 Å². The highest BCUT2D eigenvalue weighted by atomic mass is 35.5. The van der Waals surface area contributed by atoms with Crippen LogP contribution in [0, 0.1) is 0 Å². The highest BCUT2D eigenvalue weighted by Gasteiger charge is 2.39. The van der Waals surface area contributed by atoms with Gasteiger partial charge in [0.2, 0.25) is 5.91 Å². The van der Waals surface area contributed by atoms with Gasteiger partial charge in [-0.15, -0.1) is 0 Å². The molecule has 1 fully saturated rings. The van der Waals surface area contributed by atoms with Crippen molar-refractivity contribution in [3.05, 3.63) is 27.7 Å². The molecule has 120 valence electrons. The van der Waals surface area contributed by atoms with Crippen LogP contribution in [0.25, 0.3) is 0 Å². The summed E-state index contributed by atoms with van der Waals surface area (Å²) in [7, 11) is 1.51. The van der Waals surface area contributed by atoms with Crippen molar-refractivity contribution in [2.24, 2.45) is 0 Å². The number of methoxy groups -OCH3 is 1. The fourth-order valence-corrected chi connectivity index (χ4v) is 4.00. The molecular formula is C15H17Cl2NO3S. The molecule has 0 radical (unpaired) electrons. The Morgan fingerprint density at radius 3 is 2.68 bits per heavy atom. The summed E-state index contributed by atoms with van der Waals surface area (Å²) in [5, 5.41) is 0.239. The molecule has 0 N–H and O–H groups in total. The highest BCUT2D eigenvalue weighted by molar-refractivity contribution is 8.15. The first-order valence-corrected chi connectivity index (χ1v) is 8.65. The lowest BCUT2D eigenvalue weighted by molar-refractivity contribution is -0.126. The van der Waals surface area contributed by atoms with Crippen molar-refractivity contribution in [1.82, 2.24) is 4.90 Å². The molecule has 0 unspecified atom stereocenters. The number of nitrogens with zero attached hydrogens (tertiary/aromatic N) is 1. The molecule has 4 nitrogen and oxygen atoms in total. The number of rotatable bonds is 6. The fourth-order valence-electron chi connectivity index (χ4n) is 2.34. The first-order chi connectivity index (χ1) is 10.5. The second kappa shape index (κ2) is 7.57. The average Bonchev–Trinajstić information content (AvgIpc) is 2.71. The van der Waals surface area contributed by atoms with Gasteiger partial charge in [0.05, 0.1) is 17.4 Å². The van der Waals surface area contributed by atoms with Crippen LogP contribution in [0.15, 0.2) is 12.1 Å². The van der Waals surface area contributed by atoms with Gasteiger partial charge >= 0.3 is 0 Å². The summed E-state index contributed by atoms with van der Waals surface area (Å²) in [4.78, 5) is 25.7. The van der Waals surface area contributed by atoms with Gasteiger partial charge in [-0.05, 0) is 30.5 Å². The maximum Gasteiger partial charge on any atom is 0.289 e. The molecule has 1 atom stereocenters. The van der Waals surface area contributed by atoms with Crippen LogP contribution in [0.2, 0.25) is 10.0 Å². The van der Waals surface area contributed by atoms with E-state index in [4.69, 9.17) is 27.9 Å². The number of hydrogen-bond acceptors (Lipinski definition) is 4. The number of ether oxygens (including phenoxy) is 1. The van der Waals surface area contributed by atoms with Crippen LogP contribution >= 0.6 is 35.0 Å². The van der Waals surface area contributed by atoms with Crippen molar-refractivity contribution in [2.45, 2.75) is 31.4 Å². The number of carbonyl (C=O) groups excluding carboxylic acids is 2. The predicted molar refractivity (Wildman–Crippen MR) is 90.1 cm³/mol. The van der Waals surface area contributed by atoms with E-state index in [1.54, 1.807) is 12.1 Å². The molecule has 1 aliphatic heterocycles. The Kier molecular flexibility index (Phi) is 6.01. The van der Waals surface area contributed by atoms with Crippen LogP contribution in [0.4, 0.5) is 4.79 Å². The van der Waals surface area contributed by atoms with E-state index in [0.29, 0.717) is 28.8 Å². The molecule has 0 saturated carbocycles. The zero-order chi connectivity index (χ0) is 16.3. The van der Waals surface area contributed by atoms with Gasteiger partial charge in [-0.2, -0.15) is 0 Å². The molecule has 1 aromatic rings. The summed E-state index contributed by atoms with van der Waals surface area (Å²) in [6.07, 6.45) is 2.11. The van der Waals surface area contributed by atoms with Crippen molar-refractivity contribution in [3.8, 4) is 5.75 Å². The Bertz CT molecular complexity index is 594. The van der Waals surface area contributed by atoms with Crippen molar-refractivity contribution < 1.29 is 14.3 Å². The smallest absolute Gasteiger partial charge is 0.289 e. The van der Waals surface area contributed by atoms with Gasteiger partial charge in [0, 0.05) is 11.6 Å². The molecule has 0 bridgehead atoms. The first-order valence-electron chi connectivity index (χ1n) is 7.01. The zero-order valence-corrected chi connectivity index (χ0v) is 14.7. The largest absolute Gasteiger partial charge is 0.495 e. The predicted octanol–water partition coefficient (Wildman–Crippen LogP) is 4.41. The van der Waals surface area contributed by atoms with E-state index >= 15 is 0 Å². The van der Waals surface area contributed by atoms with Gasteiger partial charge in [-0.1, -0.05) is 48.3 Å². The second-order valence-electron chi connectivity index (χ2n) is 5.00. The normalized spacial score (nSPS) is 18.2. The Morgan fingerprint density at radius 2 is 2.05 bits per heavy atom. The second-order valence-corrected chi connectivity index (χ2v) is 7.00. The molecule has 1 aromatic carbocycles. The monoisotopic (exact) mass is 361 g/mol. The van der Waals surface area contributed by atoms with E-state index in [1.807, 2.05) is 6.92 Å². The van der Waals surface area contributed by atoms with Gasteiger partial charge in [-0.3, -0.25) is 14.5 Å². The number of hydrogen-bond donors (Lipinski definition) is 0. The van der Waals surface area contributed by atoms with Crippen LogP contribution < -0.4 is 4.74 Å². The van der Waals surface area contributed by atoms with Gasteiger partial charge in [-0.25, -0.2) is 0 Å². The third-order valence-electron chi connectivity index (χ3n) is 3.43. The molecule has 0 spiro atoms. The van der Waals surface area contributed by atoms with Crippen LogP contribution in [0.1, 0.15) is 25.3 Å². The van der Waals surface area contributed by atoms with Crippen LogP contribution in [0.3, 0.4) is 0 Å². The van der Waals surface area contributed by atoms with E-state index < -0.39 is 5.25 Å². The molecule has 22 heavy (non-hydrogen) atoms. The maximum absolute atomic E-state index is 12.4. The molecule has 2 amide bonds. The summed E-state index contributed by atoms with van der Waals surface area (Å²) in [6, 6.07) is 3.31. The highest BCUT2D eigenvalue weighted by Crippen LogP contribution is 2.36. The third kappa shape index (κ3) is 3.70. The standard InChI is InChI=1S/C15H17Cl2NO3S/c1-3-4-5-18-14(19)12(22-15(18)20)7-9-6-10(16)8-11(17)13(9)21-2/h6,8,12H,3-5,7H2,1-2H3/t12-/m0/s1. The Hall–Kier alpha value is -0.910. The number of carbonyl (C=O) groups is 2. The van der Waals surface area contributed by atoms with Gasteiger partial charge in [0.25, 0.3) is 5.24 Å². The minimum Gasteiger partial charge on any atom is -0.495 e. The third-order valence-corrected chi connectivity index (χ3v) is 5.01. The number of unbranched alkanes of at least 4 members (excludes halogenated alkanes) is 1. The lowest BCUT2D eigenvalue weighted by Gasteiger charge is -2.15. The van der Waals surface area contributed by atoms with E-state index in [-0.39, 0.29) is 11.1 Å². The fraction of sp³-hybridized carbons (Fsp3) is 0.467. The number of thioether (sulfide) groups is 1. The summed E-state index contributed by atoms with van der Waals surface area (Å²) in [5.74, 6) is 0.348. The quantitative estimate of drug-likeness (QED) is 0.752. The Balaban J connectivity index is 2.18. The van der Waals surface area contributed by atoms with Gasteiger partial charge < -0.3 is 4.74 Å².